The Balaban J connectivity index is 0.000000184. The molecule has 2 N–H and O–H groups in total. The highest BCUT2D eigenvalue weighted by Crippen LogP contribution is 2.23. The number of nitro benzene ring substituents is 1. The molecular formula is C13H13NO4. The number of rotatable bonds is 1. The zero-order valence-corrected chi connectivity index (χ0v) is 9.78. The minimum Gasteiger partial charge on any atom is -0.508 e. The fourth-order valence-corrected chi connectivity index (χ4v) is 1.18. The molecule has 0 radical (unpaired) electrons. The lowest BCUT2D eigenvalue weighted by atomic mass is 10.2. The summed E-state index contributed by atoms with van der Waals surface area (Å²) in [4.78, 5) is 9.44. The predicted molar refractivity (Wildman–Crippen MR) is 67.6 cm³/mol. The van der Waals surface area contributed by atoms with E-state index in [4.69, 9.17) is 10.2 Å². The summed E-state index contributed by atoms with van der Waals surface area (Å²) in [5.74, 6) is 0.0694. The van der Waals surface area contributed by atoms with Crippen LogP contribution in [0.25, 0.3) is 0 Å². The molecule has 0 fully saturated rings. The van der Waals surface area contributed by atoms with Gasteiger partial charge in [-0.05, 0) is 24.6 Å². The summed E-state index contributed by atoms with van der Waals surface area (Å²) < 4.78 is 0. The summed E-state index contributed by atoms with van der Waals surface area (Å²) in [6.45, 7) is 1.87. The zero-order chi connectivity index (χ0) is 13.5. The van der Waals surface area contributed by atoms with Crippen molar-refractivity contribution in [3.8, 4) is 11.5 Å². The number of hydrogen-bond acceptors (Lipinski definition) is 4. The van der Waals surface area contributed by atoms with Crippen molar-refractivity contribution in [3.05, 3.63) is 64.2 Å². The number of para-hydroxylation sites is 3. The maximum atomic E-state index is 10.1. The van der Waals surface area contributed by atoms with Gasteiger partial charge in [0.1, 0.15) is 5.75 Å². The Labute approximate surface area is 104 Å². The lowest BCUT2D eigenvalue weighted by Gasteiger charge is -1.92. The maximum absolute atomic E-state index is 10.1. The predicted octanol–water partition coefficient (Wildman–Crippen LogP) is 3.00. The average molecular weight is 247 g/mol. The second kappa shape index (κ2) is 6.24. The Morgan fingerprint density at radius 1 is 0.944 bits per heavy atom. The Hall–Kier alpha value is -2.56. The van der Waals surface area contributed by atoms with Crippen molar-refractivity contribution in [2.24, 2.45) is 0 Å². The summed E-state index contributed by atoms with van der Waals surface area (Å²) >= 11 is 0. The van der Waals surface area contributed by atoms with E-state index in [1.54, 1.807) is 6.07 Å². The molecule has 18 heavy (non-hydrogen) atoms. The largest absolute Gasteiger partial charge is 0.508 e. The van der Waals surface area contributed by atoms with E-state index in [2.05, 4.69) is 0 Å². The van der Waals surface area contributed by atoms with Crippen LogP contribution in [0.2, 0.25) is 0 Å². The van der Waals surface area contributed by atoms with Crippen LogP contribution >= 0.6 is 0 Å². The van der Waals surface area contributed by atoms with Crippen molar-refractivity contribution >= 4 is 5.69 Å². The first-order chi connectivity index (χ1) is 8.52. The number of benzene rings is 2. The minimum absolute atomic E-state index is 0.262. The van der Waals surface area contributed by atoms with Gasteiger partial charge >= 0.3 is 5.69 Å². The van der Waals surface area contributed by atoms with Crippen LogP contribution in [0.5, 0.6) is 11.5 Å². The van der Waals surface area contributed by atoms with Crippen LogP contribution in [-0.2, 0) is 0 Å². The van der Waals surface area contributed by atoms with E-state index in [1.165, 1.54) is 24.3 Å². The van der Waals surface area contributed by atoms with Gasteiger partial charge in [0.15, 0.2) is 5.75 Å². The second-order valence-electron chi connectivity index (χ2n) is 3.53. The molecule has 0 heterocycles. The molecule has 0 aromatic heterocycles. The minimum atomic E-state index is -0.630. The summed E-state index contributed by atoms with van der Waals surface area (Å²) in [6, 6.07) is 12.8. The van der Waals surface area contributed by atoms with Crippen molar-refractivity contribution in [2.75, 3.05) is 0 Å². The molecule has 0 saturated heterocycles. The molecule has 0 saturated carbocycles. The van der Waals surface area contributed by atoms with Crippen molar-refractivity contribution in [1.82, 2.24) is 0 Å². The fraction of sp³-hybridized carbons (Fsp3) is 0.0769. The van der Waals surface area contributed by atoms with Crippen molar-refractivity contribution in [3.63, 3.8) is 0 Å². The Morgan fingerprint density at radius 2 is 1.44 bits per heavy atom. The fourth-order valence-electron chi connectivity index (χ4n) is 1.18. The number of phenols is 2. The summed E-state index contributed by atoms with van der Waals surface area (Å²) in [6.07, 6.45) is 0. The number of hydrogen-bond donors (Lipinski definition) is 2. The normalized spacial score (nSPS) is 9.17. The standard InChI is InChI=1S/C7H8O.C6H5NO3/c1-6-4-2-3-5-7(6)8;8-6-4-2-1-3-5(6)7(9)10/h2-5,8H,1H3;1-4,8H. The van der Waals surface area contributed by atoms with E-state index in [1.807, 2.05) is 25.1 Å². The van der Waals surface area contributed by atoms with Crippen LogP contribution in [0, 0.1) is 17.0 Å². The van der Waals surface area contributed by atoms with E-state index >= 15 is 0 Å². The van der Waals surface area contributed by atoms with E-state index in [9.17, 15) is 10.1 Å². The van der Waals surface area contributed by atoms with Gasteiger partial charge in [-0.25, -0.2) is 0 Å². The molecule has 94 valence electrons. The lowest BCUT2D eigenvalue weighted by molar-refractivity contribution is -0.385. The lowest BCUT2D eigenvalue weighted by Crippen LogP contribution is -1.86. The number of nitro groups is 1. The molecule has 5 heteroatoms. The SMILES string of the molecule is Cc1ccccc1O.O=[N+]([O-])c1ccccc1O. The monoisotopic (exact) mass is 247 g/mol. The van der Waals surface area contributed by atoms with Crippen LogP contribution in [0.15, 0.2) is 48.5 Å². The van der Waals surface area contributed by atoms with Crippen LogP contribution in [-0.4, -0.2) is 15.1 Å². The molecule has 2 aromatic carbocycles. The van der Waals surface area contributed by atoms with Gasteiger partial charge in [-0.3, -0.25) is 10.1 Å². The zero-order valence-electron chi connectivity index (χ0n) is 9.78. The Kier molecular flexibility index (Phi) is 4.68. The quantitative estimate of drug-likeness (QED) is 0.599. The first kappa shape index (κ1) is 13.5. The molecule has 0 atom stereocenters. The van der Waals surface area contributed by atoms with Crippen molar-refractivity contribution in [1.29, 1.82) is 0 Å². The molecule has 2 aromatic rings. The van der Waals surface area contributed by atoms with Gasteiger partial charge in [-0.2, -0.15) is 0 Å². The first-order valence-corrected chi connectivity index (χ1v) is 5.19. The molecule has 2 rings (SSSR count). The molecule has 0 aliphatic carbocycles. The maximum Gasteiger partial charge on any atom is 0.310 e. The molecule has 0 aliphatic rings. The van der Waals surface area contributed by atoms with Gasteiger partial charge in [0.05, 0.1) is 4.92 Å². The molecule has 0 bridgehead atoms. The summed E-state index contributed by atoms with van der Waals surface area (Å²) in [5, 5.41) is 27.8. The first-order valence-electron chi connectivity index (χ1n) is 5.19. The highest BCUT2D eigenvalue weighted by molar-refractivity contribution is 5.44. The van der Waals surface area contributed by atoms with E-state index in [0.717, 1.165) is 5.56 Å². The highest BCUT2D eigenvalue weighted by atomic mass is 16.6. The average Bonchev–Trinajstić information content (AvgIpc) is 2.34. The molecule has 0 amide bonds. The van der Waals surface area contributed by atoms with Gasteiger partial charge in [-0.1, -0.05) is 30.3 Å². The number of aromatic hydroxyl groups is 2. The third-order valence-electron chi connectivity index (χ3n) is 2.19. The van der Waals surface area contributed by atoms with E-state index in [-0.39, 0.29) is 11.4 Å². The Morgan fingerprint density at radius 3 is 1.78 bits per heavy atom. The van der Waals surface area contributed by atoms with Crippen LogP contribution < -0.4 is 0 Å². The summed E-state index contributed by atoms with van der Waals surface area (Å²) in [7, 11) is 0. The van der Waals surface area contributed by atoms with Gasteiger partial charge in [0.2, 0.25) is 0 Å². The smallest absolute Gasteiger partial charge is 0.310 e. The molecule has 5 nitrogen and oxygen atoms in total. The van der Waals surface area contributed by atoms with Crippen molar-refractivity contribution < 1.29 is 15.1 Å². The van der Waals surface area contributed by atoms with Gasteiger partial charge in [0.25, 0.3) is 0 Å². The molecule has 0 unspecified atom stereocenters. The number of aryl methyl sites for hydroxylation is 1. The van der Waals surface area contributed by atoms with Crippen LogP contribution in [0.1, 0.15) is 5.56 Å². The molecule has 0 spiro atoms. The highest BCUT2D eigenvalue weighted by Gasteiger charge is 2.09. The van der Waals surface area contributed by atoms with Crippen molar-refractivity contribution in [2.45, 2.75) is 6.92 Å². The number of phenolic OH excluding ortho intramolecular Hbond substituents is 2. The topological polar surface area (TPSA) is 83.6 Å². The van der Waals surface area contributed by atoms with Crippen LogP contribution in [0.4, 0.5) is 5.69 Å². The van der Waals surface area contributed by atoms with Gasteiger partial charge < -0.3 is 10.2 Å². The third kappa shape index (κ3) is 3.79. The van der Waals surface area contributed by atoms with Gasteiger partial charge in [0, 0.05) is 6.07 Å². The molecular weight excluding hydrogens is 234 g/mol. The second-order valence-corrected chi connectivity index (χ2v) is 3.53. The molecule has 0 aliphatic heterocycles. The van der Waals surface area contributed by atoms with Crippen LogP contribution in [0.3, 0.4) is 0 Å². The third-order valence-corrected chi connectivity index (χ3v) is 2.19. The summed E-state index contributed by atoms with van der Waals surface area (Å²) in [5.41, 5.74) is 0.662. The Bertz CT molecular complexity index is 519. The van der Waals surface area contributed by atoms with E-state index < -0.39 is 4.92 Å². The van der Waals surface area contributed by atoms with E-state index in [0.29, 0.717) is 5.75 Å². The number of nitrogens with zero attached hydrogens (tertiary/aromatic N) is 1. The van der Waals surface area contributed by atoms with Gasteiger partial charge in [-0.15, -0.1) is 0 Å².